The molecule has 1 aliphatic rings. The van der Waals surface area contributed by atoms with Crippen LogP contribution in [0.3, 0.4) is 0 Å². The van der Waals surface area contributed by atoms with Gasteiger partial charge in [-0.05, 0) is 31.0 Å². The number of carbonyl (C=O) groups is 1. The van der Waals surface area contributed by atoms with E-state index in [2.05, 4.69) is 35.5 Å². The molecule has 2 nitrogen and oxygen atoms in total. The van der Waals surface area contributed by atoms with Crippen LogP contribution in [0, 0.1) is 6.92 Å². The summed E-state index contributed by atoms with van der Waals surface area (Å²) in [5, 5.41) is 0. The van der Waals surface area contributed by atoms with Crippen molar-refractivity contribution in [2.24, 2.45) is 0 Å². The van der Waals surface area contributed by atoms with Crippen LogP contribution in [0.15, 0.2) is 29.2 Å². The van der Waals surface area contributed by atoms with E-state index in [0.29, 0.717) is 18.6 Å². The standard InChI is InChI=1S/C12H15NOS.C2H6/c1-10-2-4-12(5-3-10)15-13-8-6-11(14)7-9-13;1-2/h2-5H,6-9H2,1H3;1-2H3. The molecule has 0 unspecified atom stereocenters. The lowest BCUT2D eigenvalue weighted by Crippen LogP contribution is -2.28. The molecular formula is C14H21NOS. The molecule has 1 heterocycles. The van der Waals surface area contributed by atoms with E-state index in [9.17, 15) is 4.79 Å². The summed E-state index contributed by atoms with van der Waals surface area (Å²) in [7, 11) is 0. The molecule has 0 radical (unpaired) electrons. The van der Waals surface area contributed by atoms with Crippen LogP contribution in [-0.2, 0) is 4.79 Å². The largest absolute Gasteiger partial charge is 0.300 e. The molecule has 1 aromatic rings. The molecule has 0 N–H and O–H groups in total. The number of nitrogens with zero attached hydrogens (tertiary/aromatic N) is 1. The third kappa shape index (κ3) is 4.92. The van der Waals surface area contributed by atoms with Gasteiger partial charge in [0.2, 0.25) is 0 Å². The van der Waals surface area contributed by atoms with Crippen molar-refractivity contribution < 1.29 is 4.79 Å². The first-order valence-corrected chi connectivity index (χ1v) is 7.03. The Balaban J connectivity index is 0.000000686. The van der Waals surface area contributed by atoms with Gasteiger partial charge in [-0.25, -0.2) is 4.31 Å². The zero-order valence-corrected chi connectivity index (χ0v) is 11.7. The number of piperidine rings is 1. The van der Waals surface area contributed by atoms with Gasteiger partial charge in [0.05, 0.1) is 0 Å². The van der Waals surface area contributed by atoms with E-state index >= 15 is 0 Å². The molecule has 0 aliphatic carbocycles. The van der Waals surface area contributed by atoms with Crippen molar-refractivity contribution in [1.29, 1.82) is 0 Å². The van der Waals surface area contributed by atoms with E-state index in [-0.39, 0.29) is 0 Å². The molecule has 94 valence electrons. The van der Waals surface area contributed by atoms with Crippen molar-refractivity contribution in [2.45, 2.75) is 38.5 Å². The second-order valence-electron chi connectivity index (χ2n) is 3.87. The van der Waals surface area contributed by atoms with E-state index in [1.54, 1.807) is 11.9 Å². The van der Waals surface area contributed by atoms with Gasteiger partial charge >= 0.3 is 0 Å². The molecular weight excluding hydrogens is 230 g/mol. The first-order valence-electron chi connectivity index (χ1n) is 6.25. The van der Waals surface area contributed by atoms with Gasteiger partial charge in [-0.15, -0.1) is 0 Å². The maximum atomic E-state index is 11.1. The average molecular weight is 251 g/mol. The summed E-state index contributed by atoms with van der Waals surface area (Å²) in [5.41, 5.74) is 1.29. The first kappa shape index (κ1) is 14.3. The molecule has 0 amide bonds. The van der Waals surface area contributed by atoms with Gasteiger partial charge in [0.25, 0.3) is 0 Å². The number of ketones is 1. The van der Waals surface area contributed by atoms with Crippen LogP contribution in [0.4, 0.5) is 0 Å². The van der Waals surface area contributed by atoms with Crippen LogP contribution in [0.25, 0.3) is 0 Å². The predicted octanol–water partition coefficient (Wildman–Crippen LogP) is 3.69. The summed E-state index contributed by atoms with van der Waals surface area (Å²) >= 11 is 1.76. The Labute approximate surface area is 109 Å². The molecule has 0 atom stereocenters. The lowest BCUT2D eigenvalue weighted by Gasteiger charge is -2.24. The van der Waals surface area contributed by atoms with E-state index in [1.807, 2.05) is 13.8 Å². The molecule has 0 saturated carbocycles. The maximum Gasteiger partial charge on any atom is 0.135 e. The average Bonchev–Trinajstić information content (AvgIpc) is 2.37. The van der Waals surface area contributed by atoms with Crippen LogP contribution < -0.4 is 0 Å². The first-order chi connectivity index (χ1) is 8.24. The summed E-state index contributed by atoms with van der Waals surface area (Å²) in [4.78, 5) is 12.3. The van der Waals surface area contributed by atoms with Gasteiger partial charge in [-0.3, -0.25) is 4.79 Å². The van der Waals surface area contributed by atoms with Gasteiger partial charge in [0.1, 0.15) is 5.78 Å². The number of rotatable bonds is 2. The maximum absolute atomic E-state index is 11.1. The fraction of sp³-hybridized carbons (Fsp3) is 0.500. The lowest BCUT2D eigenvalue weighted by molar-refractivity contribution is -0.120. The van der Waals surface area contributed by atoms with Gasteiger partial charge in [0.15, 0.2) is 0 Å². The number of hydrogen-bond donors (Lipinski definition) is 0. The monoisotopic (exact) mass is 251 g/mol. The van der Waals surface area contributed by atoms with E-state index in [4.69, 9.17) is 0 Å². The highest BCUT2D eigenvalue weighted by molar-refractivity contribution is 7.97. The summed E-state index contributed by atoms with van der Waals surface area (Å²) in [6.07, 6.45) is 1.41. The van der Waals surface area contributed by atoms with Crippen LogP contribution in [0.1, 0.15) is 32.3 Å². The summed E-state index contributed by atoms with van der Waals surface area (Å²) < 4.78 is 2.27. The molecule has 1 aliphatic heterocycles. The molecule has 1 aromatic carbocycles. The van der Waals surface area contributed by atoms with Crippen LogP contribution in [0.5, 0.6) is 0 Å². The summed E-state index contributed by atoms with van der Waals surface area (Å²) in [6, 6.07) is 8.52. The SMILES string of the molecule is CC.Cc1ccc(SN2CCC(=O)CC2)cc1. The summed E-state index contributed by atoms with van der Waals surface area (Å²) in [5.74, 6) is 0.399. The van der Waals surface area contributed by atoms with Crippen molar-refractivity contribution in [3.8, 4) is 0 Å². The van der Waals surface area contributed by atoms with Gasteiger partial charge in [-0.1, -0.05) is 31.5 Å². The zero-order valence-electron chi connectivity index (χ0n) is 10.9. The molecule has 2 rings (SSSR count). The minimum atomic E-state index is 0.399. The Morgan fingerprint density at radius 1 is 1.06 bits per heavy atom. The highest BCUT2D eigenvalue weighted by Gasteiger charge is 2.16. The van der Waals surface area contributed by atoms with Crippen LogP contribution in [0.2, 0.25) is 0 Å². The van der Waals surface area contributed by atoms with E-state index < -0.39 is 0 Å². The predicted molar refractivity (Wildman–Crippen MR) is 74.2 cm³/mol. The Hall–Kier alpha value is -0.800. The third-order valence-electron chi connectivity index (χ3n) is 2.54. The number of benzene rings is 1. The van der Waals surface area contributed by atoms with E-state index in [1.165, 1.54) is 10.5 Å². The van der Waals surface area contributed by atoms with Crippen molar-refractivity contribution in [2.75, 3.05) is 13.1 Å². The molecule has 0 bridgehead atoms. The van der Waals surface area contributed by atoms with Crippen molar-refractivity contribution >= 4 is 17.7 Å². The number of hydrogen-bond acceptors (Lipinski definition) is 3. The Bertz CT molecular complexity index is 338. The van der Waals surface area contributed by atoms with Gasteiger partial charge < -0.3 is 0 Å². The Morgan fingerprint density at radius 3 is 2.12 bits per heavy atom. The zero-order chi connectivity index (χ0) is 12.7. The Kier molecular flexibility index (Phi) is 6.30. The number of carbonyl (C=O) groups excluding carboxylic acids is 1. The molecule has 1 fully saturated rings. The third-order valence-corrected chi connectivity index (χ3v) is 3.64. The van der Waals surface area contributed by atoms with Crippen molar-refractivity contribution in [1.82, 2.24) is 4.31 Å². The second kappa shape index (κ2) is 7.51. The van der Waals surface area contributed by atoms with Gasteiger partial charge in [0, 0.05) is 30.8 Å². The van der Waals surface area contributed by atoms with Crippen molar-refractivity contribution in [3.63, 3.8) is 0 Å². The molecule has 1 saturated heterocycles. The van der Waals surface area contributed by atoms with Crippen LogP contribution in [-0.4, -0.2) is 23.2 Å². The van der Waals surface area contributed by atoms with E-state index in [0.717, 1.165) is 13.1 Å². The molecule has 0 spiro atoms. The minimum absolute atomic E-state index is 0.399. The quantitative estimate of drug-likeness (QED) is 0.748. The Morgan fingerprint density at radius 2 is 1.59 bits per heavy atom. The topological polar surface area (TPSA) is 20.3 Å². The fourth-order valence-electron chi connectivity index (χ4n) is 1.58. The highest BCUT2D eigenvalue weighted by Crippen LogP contribution is 2.25. The molecule has 17 heavy (non-hydrogen) atoms. The van der Waals surface area contributed by atoms with Gasteiger partial charge in [-0.2, -0.15) is 0 Å². The molecule has 0 aromatic heterocycles. The molecule has 3 heteroatoms. The fourth-order valence-corrected chi connectivity index (χ4v) is 2.50. The van der Waals surface area contributed by atoms with Crippen molar-refractivity contribution in [3.05, 3.63) is 29.8 Å². The normalized spacial score (nSPS) is 16.3. The summed E-state index contributed by atoms with van der Waals surface area (Å²) in [6.45, 7) is 7.86. The van der Waals surface area contributed by atoms with Crippen LogP contribution >= 0.6 is 11.9 Å². The second-order valence-corrected chi connectivity index (χ2v) is 5.04. The highest BCUT2D eigenvalue weighted by atomic mass is 32.2. The smallest absolute Gasteiger partial charge is 0.135 e. The lowest BCUT2D eigenvalue weighted by atomic mass is 10.1. The number of aryl methyl sites for hydroxylation is 1. The minimum Gasteiger partial charge on any atom is -0.300 e. The number of Topliss-reactive ketones (excluding diaryl/α,β-unsaturated/α-hetero) is 1.